The molecule has 0 aliphatic rings. The molecule has 20 heavy (non-hydrogen) atoms. The van der Waals surface area contributed by atoms with E-state index in [1.807, 2.05) is 35.9 Å². The predicted molar refractivity (Wildman–Crippen MR) is 80.9 cm³/mol. The minimum Gasteiger partial charge on any atom is -0.346 e. The van der Waals surface area contributed by atoms with E-state index in [2.05, 4.69) is 31.2 Å². The lowest BCUT2D eigenvalue weighted by atomic mass is 10.3. The number of hydrogen-bond donors (Lipinski definition) is 1. The number of amides is 1. The maximum Gasteiger partial charge on any atom is 0.263 e. The van der Waals surface area contributed by atoms with Gasteiger partial charge < -0.3 is 9.72 Å². The maximum atomic E-state index is 12.0. The van der Waals surface area contributed by atoms with Crippen molar-refractivity contribution in [3.05, 3.63) is 50.8 Å². The number of imidazole rings is 1. The Kier molecular flexibility index (Phi) is 3.54. The van der Waals surface area contributed by atoms with E-state index in [1.54, 1.807) is 5.51 Å². The molecule has 0 fully saturated rings. The first-order chi connectivity index (χ1) is 9.63. The van der Waals surface area contributed by atoms with Crippen LogP contribution < -0.4 is 5.32 Å². The van der Waals surface area contributed by atoms with Crippen LogP contribution in [0.4, 0.5) is 0 Å². The lowest BCUT2D eigenvalue weighted by molar-refractivity contribution is 0.0953. The normalized spacial score (nSPS) is 10.9. The fourth-order valence-electron chi connectivity index (χ4n) is 1.87. The number of fused-ring (bicyclic) bond motifs is 1. The highest BCUT2D eigenvalue weighted by Gasteiger charge is 2.11. The second-order valence-electron chi connectivity index (χ2n) is 4.29. The Bertz CT molecular complexity index is 780. The fraction of sp³-hybridized carbons (Fsp3) is 0.154. The molecule has 3 aromatic rings. The molecular formula is C13H11BrN4OS. The van der Waals surface area contributed by atoms with Gasteiger partial charge in [-0.3, -0.25) is 4.79 Å². The van der Waals surface area contributed by atoms with Crippen LogP contribution in [0.25, 0.3) is 5.65 Å². The van der Waals surface area contributed by atoms with Gasteiger partial charge in [-0.15, -0.1) is 11.3 Å². The van der Waals surface area contributed by atoms with Crippen molar-refractivity contribution >= 4 is 38.8 Å². The molecule has 0 atom stereocenters. The van der Waals surface area contributed by atoms with E-state index in [9.17, 15) is 4.79 Å². The van der Waals surface area contributed by atoms with Gasteiger partial charge in [-0.1, -0.05) is 0 Å². The number of rotatable bonds is 3. The number of aromatic nitrogens is 3. The van der Waals surface area contributed by atoms with Crippen LogP contribution in [0, 0.1) is 6.92 Å². The predicted octanol–water partition coefficient (Wildman–Crippen LogP) is 2.79. The van der Waals surface area contributed by atoms with Crippen molar-refractivity contribution in [3.63, 3.8) is 0 Å². The van der Waals surface area contributed by atoms with Crippen molar-refractivity contribution in [1.29, 1.82) is 0 Å². The average Bonchev–Trinajstić information content (AvgIpc) is 3.01. The summed E-state index contributed by atoms with van der Waals surface area (Å²) in [6.07, 6.45) is 3.83. The van der Waals surface area contributed by atoms with E-state index in [-0.39, 0.29) is 5.91 Å². The van der Waals surface area contributed by atoms with E-state index in [0.717, 1.165) is 21.5 Å². The summed E-state index contributed by atoms with van der Waals surface area (Å²) in [5.41, 5.74) is 4.10. The van der Waals surface area contributed by atoms with E-state index < -0.39 is 0 Å². The number of halogens is 1. The Balaban J connectivity index is 1.74. The van der Waals surface area contributed by atoms with Crippen LogP contribution >= 0.6 is 27.3 Å². The zero-order valence-corrected chi connectivity index (χ0v) is 13.0. The number of thiazole rings is 1. The van der Waals surface area contributed by atoms with E-state index >= 15 is 0 Å². The minimum atomic E-state index is -0.108. The molecule has 0 aliphatic carbocycles. The van der Waals surface area contributed by atoms with Crippen LogP contribution in [-0.2, 0) is 6.54 Å². The molecule has 3 rings (SSSR count). The summed E-state index contributed by atoms with van der Waals surface area (Å²) in [6, 6.07) is 3.86. The molecule has 0 aliphatic heterocycles. The summed E-state index contributed by atoms with van der Waals surface area (Å²) in [4.78, 5) is 21.2. The second-order valence-corrected chi connectivity index (χ2v) is 6.07. The van der Waals surface area contributed by atoms with Crippen molar-refractivity contribution < 1.29 is 4.79 Å². The molecule has 0 unspecified atom stereocenters. The molecule has 5 nitrogen and oxygen atoms in total. The average molecular weight is 351 g/mol. The van der Waals surface area contributed by atoms with Crippen LogP contribution in [0.5, 0.6) is 0 Å². The number of pyridine rings is 1. The van der Waals surface area contributed by atoms with Crippen molar-refractivity contribution in [2.45, 2.75) is 13.5 Å². The Morgan fingerprint density at radius 1 is 1.45 bits per heavy atom. The molecule has 0 saturated carbocycles. The van der Waals surface area contributed by atoms with E-state index in [0.29, 0.717) is 11.4 Å². The van der Waals surface area contributed by atoms with Gasteiger partial charge in [-0.05, 0) is 35.0 Å². The summed E-state index contributed by atoms with van der Waals surface area (Å²) in [5, 5.41) is 2.86. The quantitative estimate of drug-likeness (QED) is 0.789. The van der Waals surface area contributed by atoms with Gasteiger partial charge in [-0.25, -0.2) is 9.97 Å². The molecule has 1 N–H and O–H groups in total. The number of aryl methyl sites for hydroxylation is 1. The topological polar surface area (TPSA) is 59.3 Å². The number of nitrogens with one attached hydrogen (secondary N) is 1. The third-order valence-electron chi connectivity index (χ3n) is 2.85. The molecule has 0 saturated heterocycles. The highest BCUT2D eigenvalue weighted by molar-refractivity contribution is 9.10. The highest BCUT2D eigenvalue weighted by Crippen LogP contribution is 2.14. The summed E-state index contributed by atoms with van der Waals surface area (Å²) in [7, 11) is 0. The summed E-state index contributed by atoms with van der Waals surface area (Å²) >= 11 is 4.76. The van der Waals surface area contributed by atoms with Gasteiger partial charge >= 0.3 is 0 Å². The summed E-state index contributed by atoms with van der Waals surface area (Å²) in [5.74, 6) is -0.108. The first-order valence-corrected chi connectivity index (χ1v) is 7.62. The summed E-state index contributed by atoms with van der Waals surface area (Å²) < 4.78 is 2.90. The van der Waals surface area contributed by atoms with Crippen LogP contribution in [0.2, 0.25) is 0 Å². The van der Waals surface area contributed by atoms with E-state index in [1.165, 1.54) is 11.3 Å². The third kappa shape index (κ3) is 2.59. The Hall–Kier alpha value is -1.73. The van der Waals surface area contributed by atoms with Gasteiger partial charge in [0.2, 0.25) is 0 Å². The number of carbonyl (C=O) groups is 1. The summed E-state index contributed by atoms with van der Waals surface area (Å²) in [6.45, 7) is 2.23. The lowest BCUT2D eigenvalue weighted by Crippen LogP contribution is -2.22. The van der Waals surface area contributed by atoms with Gasteiger partial charge in [0.25, 0.3) is 5.91 Å². The smallest absolute Gasteiger partial charge is 0.263 e. The first-order valence-electron chi connectivity index (χ1n) is 5.95. The van der Waals surface area contributed by atoms with Crippen molar-refractivity contribution in [3.8, 4) is 0 Å². The molecular weight excluding hydrogens is 340 g/mol. The zero-order valence-electron chi connectivity index (χ0n) is 10.6. The Labute approximate surface area is 127 Å². The second kappa shape index (κ2) is 5.34. The van der Waals surface area contributed by atoms with Crippen LogP contribution in [0.1, 0.15) is 21.1 Å². The maximum absolute atomic E-state index is 12.0. The number of carbonyl (C=O) groups excluding carboxylic acids is 1. The largest absolute Gasteiger partial charge is 0.346 e. The van der Waals surface area contributed by atoms with Gasteiger partial charge in [-0.2, -0.15) is 0 Å². The van der Waals surface area contributed by atoms with Gasteiger partial charge in [0.15, 0.2) is 0 Å². The highest BCUT2D eigenvalue weighted by atomic mass is 79.9. The molecule has 0 spiro atoms. The van der Waals surface area contributed by atoms with Gasteiger partial charge in [0.1, 0.15) is 10.5 Å². The SMILES string of the molecule is Cc1ncsc1C(=O)NCc1cn2cc(Br)ccc2n1. The van der Waals surface area contributed by atoms with Crippen LogP contribution in [-0.4, -0.2) is 20.3 Å². The molecule has 0 bridgehead atoms. The van der Waals surface area contributed by atoms with Crippen LogP contribution in [0.3, 0.4) is 0 Å². The van der Waals surface area contributed by atoms with Crippen molar-refractivity contribution in [1.82, 2.24) is 19.7 Å². The molecule has 1 amide bonds. The van der Waals surface area contributed by atoms with Gasteiger partial charge in [0.05, 0.1) is 23.4 Å². The van der Waals surface area contributed by atoms with Gasteiger partial charge in [0, 0.05) is 16.9 Å². The molecule has 102 valence electrons. The molecule has 3 aromatic heterocycles. The van der Waals surface area contributed by atoms with E-state index in [4.69, 9.17) is 0 Å². The minimum absolute atomic E-state index is 0.108. The Morgan fingerprint density at radius 3 is 3.05 bits per heavy atom. The number of hydrogen-bond acceptors (Lipinski definition) is 4. The lowest BCUT2D eigenvalue weighted by Gasteiger charge is -2.00. The zero-order chi connectivity index (χ0) is 14.1. The standard InChI is InChI=1S/C13H11BrN4OS/c1-8-12(20-7-16-8)13(19)15-4-10-6-18-5-9(14)2-3-11(18)17-10/h2-3,5-7H,4H2,1H3,(H,15,19). The third-order valence-corrected chi connectivity index (χ3v) is 4.24. The van der Waals surface area contributed by atoms with Crippen LogP contribution in [0.15, 0.2) is 34.5 Å². The molecule has 3 heterocycles. The molecule has 7 heteroatoms. The molecule has 0 radical (unpaired) electrons. The van der Waals surface area contributed by atoms with Crippen molar-refractivity contribution in [2.24, 2.45) is 0 Å². The molecule has 0 aromatic carbocycles. The Morgan fingerprint density at radius 2 is 2.30 bits per heavy atom. The monoisotopic (exact) mass is 350 g/mol. The fourth-order valence-corrected chi connectivity index (χ4v) is 2.94. The number of nitrogens with zero attached hydrogens (tertiary/aromatic N) is 3. The first kappa shape index (κ1) is 13.3. The van der Waals surface area contributed by atoms with Crippen molar-refractivity contribution in [2.75, 3.05) is 0 Å².